The first-order valence-corrected chi connectivity index (χ1v) is 7.06. The zero-order valence-corrected chi connectivity index (χ0v) is 11.4. The standard InChI is InChI=1S/C13H20N2O5/c1-19-8-5-10(12(16)17)15(6-8)13(18)14-9-4-7-2-3-11(9)20-7/h7-11H,2-6H2,1H3,(H,14,18)(H,16,17). The van der Waals surface area contributed by atoms with Gasteiger partial charge in [0.15, 0.2) is 0 Å². The summed E-state index contributed by atoms with van der Waals surface area (Å²) < 4.78 is 10.9. The first-order chi connectivity index (χ1) is 9.58. The largest absolute Gasteiger partial charge is 0.480 e. The Labute approximate surface area is 117 Å². The highest BCUT2D eigenvalue weighted by molar-refractivity contribution is 5.83. The summed E-state index contributed by atoms with van der Waals surface area (Å²) in [6, 6.07) is -1.12. The zero-order chi connectivity index (χ0) is 14.3. The molecular formula is C13H20N2O5. The van der Waals surface area contributed by atoms with Crippen LogP contribution in [0.2, 0.25) is 0 Å². The monoisotopic (exact) mass is 284 g/mol. The molecule has 0 aromatic rings. The predicted octanol–water partition coefficient (Wildman–Crippen LogP) is 0.190. The molecule has 3 rings (SSSR count). The van der Waals surface area contributed by atoms with E-state index in [-0.39, 0.29) is 30.4 Å². The quantitative estimate of drug-likeness (QED) is 0.772. The Hall–Kier alpha value is -1.34. The van der Waals surface area contributed by atoms with Crippen molar-refractivity contribution in [3.8, 4) is 0 Å². The van der Waals surface area contributed by atoms with Crippen LogP contribution in [0, 0.1) is 0 Å². The van der Waals surface area contributed by atoms with E-state index in [0.29, 0.717) is 13.0 Å². The molecule has 7 nitrogen and oxygen atoms in total. The lowest BCUT2D eigenvalue weighted by molar-refractivity contribution is -0.141. The fourth-order valence-electron chi connectivity index (χ4n) is 3.46. The predicted molar refractivity (Wildman–Crippen MR) is 68.4 cm³/mol. The Bertz CT molecular complexity index is 416. The van der Waals surface area contributed by atoms with E-state index in [1.165, 1.54) is 12.0 Å². The SMILES string of the molecule is COC1CC(C(=O)O)N(C(=O)NC2CC3CCC2O3)C1. The smallest absolute Gasteiger partial charge is 0.326 e. The molecule has 2 bridgehead atoms. The molecule has 5 atom stereocenters. The Morgan fingerprint density at radius 1 is 1.35 bits per heavy atom. The average molecular weight is 284 g/mol. The molecule has 7 heteroatoms. The Balaban J connectivity index is 1.62. The van der Waals surface area contributed by atoms with Gasteiger partial charge in [0.1, 0.15) is 6.04 Å². The van der Waals surface area contributed by atoms with Gasteiger partial charge in [-0.3, -0.25) is 0 Å². The molecule has 3 heterocycles. The van der Waals surface area contributed by atoms with Crippen LogP contribution in [-0.4, -0.2) is 66.1 Å². The summed E-state index contributed by atoms with van der Waals surface area (Å²) in [5.74, 6) is -0.983. The van der Waals surface area contributed by atoms with E-state index in [2.05, 4.69) is 5.32 Å². The first-order valence-electron chi connectivity index (χ1n) is 7.06. The lowest BCUT2D eigenvalue weighted by Gasteiger charge is -2.26. The number of nitrogens with one attached hydrogen (secondary N) is 1. The van der Waals surface area contributed by atoms with Crippen molar-refractivity contribution in [3.05, 3.63) is 0 Å². The molecule has 2 amide bonds. The Morgan fingerprint density at radius 3 is 2.70 bits per heavy atom. The molecule has 3 aliphatic rings. The highest BCUT2D eigenvalue weighted by Gasteiger charge is 2.44. The number of fused-ring (bicyclic) bond motifs is 2. The second kappa shape index (κ2) is 5.21. The number of carbonyl (C=O) groups is 2. The van der Waals surface area contributed by atoms with E-state index < -0.39 is 12.0 Å². The number of hydrogen-bond donors (Lipinski definition) is 2. The van der Waals surface area contributed by atoms with Gasteiger partial charge < -0.3 is 24.8 Å². The number of carboxylic acids is 1. The van der Waals surface area contributed by atoms with Crippen LogP contribution in [0.1, 0.15) is 25.7 Å². The molecule has 0 radical (unpaired) electrons. The number of carboxylic acid groups (broad SMARTS) is 1. The van der Waals surface area contributed by atoms with Crippen LogP contribution in [0.25, 0.3) is 0 Å². The number of ether oxygens (including phenoxy) is 2. The minimum atomic E-state index is -0.983. The van der Waals surface area contributed by atoms with Crippen LogP contribution in [0.5, 0.6) is 0 Å². The van der Waals surface area contributed by atoms with Gasteiger partial charge in [0.05, 0.1) is 24.4 Å². The summed E-state index contributed by atoms with van der Waals surface area (Å²) in [5, 5.41) is 12.1. The van der Waals surface area contributed by atoms with Crippen molar-refractivity contribution in [1.29, 1.82) is 0 Å². The second-order valence-electron chi connectivity index (χ2n) is 5.77. The topological polar surface area (TPSA) is 88.1 Å². The molecule has 2 N–H and O–H groups in total. The average Bonchev–Trinajstić information content (AvgIpc) is 3.12. The van der Waals surface area contributed by atoms with Gasteiger partial charge in [-0.15, -0.1) is 0 Å². The fourth-order valence-corrected chi connectivity index (χ4v) is 3.46. The maximum Gasteiger partial charge on any atom is 0.326 e. The van der Waals surface area contributed by atoms with Gasteiger partial charge in [-0.2, -0.15) is 0 Å². The van der Waals surface area contributed by atoms with Crippen LogP contribution in [0.15, 0.2) is 0 Å². The second-order valence-corrected chi connectivity index (χ2v) is 5.77. The maximum atomic E-state index is 12.3. The molecular weight excluding hydrogens is 264 g/mol. The van der Waals surface area contributed by atoms with Crippen molar-refractivity contribution >= 4 is 12.0 Å². The molecule has 5 unspecified atom stereocenters. The number of nitrogens with zero attached hydrogens (tertiary/aromatic N) is 1. The number of hydrogen-bond acceptors (Lipinski definition) is 4. The molecule has 3 fully saturated rings. The van der Waals surface area contributed by atoms with Crippen molar-refractivity contribution in [1.82, 2.24) is 10.2 Å². The molecule has 3 saturated heterocycles. The van der Waals surface area contributed by atoms with Crippen LogP contribution < -0.4 is 5.32 Å². The van der Waals surface area contributed by atoms with Gasteiger partial charge in [0, 0.05) is 20.1 Å². The Kier molecular flexibility index (Phi) is 3.55. The summed E-state index contributed by atoms with van der Waals surface area (Å²) >= 11 is 0. The molecule has 3 aliphatic heterocycles. The lowest BCUT2D eigenvalue weighted by atomic mass is 9.96. The van der Waals surface area contributed by atoms with Crippen molar-refractivity contribution in [2.24, 2.45) is 0 Å². The van der Waals surface area contributed by atoms with E-state index in [1.807, 2.05) is 0 Å². The minimum absolute atomic E-state index is 0.0114. The number of carbonyl (C=O) groups excluding carboxylic acids is 1. The molecule has 0 aliphatic carbocycles. The van der Waals surface area contributed by atoms with E-state index >= 15 is 0 Å². The molecule has 112 valence electrons. The normalized spacial score (nSPS) is 39.2. The summed E-state index contributed by atoms with van der Waals surface area (Å²) in [5.41, 5.74) is 0. The van der Waals surface area contributed by atoms with Crippen molar-refractivity contribution in [2.45, 2.75) is 56.1 Å². The first kappa shape index (κ1) is 13.6. The van der Waals surface area contributed by atoms with E-state index in [0.717, 1.165) is 19.3 Å². The van der Waals surface area contributed by atoms with Crippen LogP contribution >= 0.6 is 0 Å². The summed E-state index contributed by atoms with van der Waals surface area (Å²) in [6.45, 7) is 0.320. The van der Waals surface area contributed by atoms with E-state index in [9.17, 15) is 14.7 Å². The fraction of sp³-hybridized carbons (Fsp3) is 0.846. The zero-order valence-electron chi connectivity index (χ0n) is 11.4. The van der Waals surface area contributed by atoms with Gasteiger partial charge in [0.2, 0.25) is 0 Å². The molecule has 0 aromatic carbocycles. The third-order valence-electron chi connectivity index (χ3n) is 4.56. The van der Waals surface area contributed by atoms with Crippen molar-refractivity contribution in [3.63, 3.8) is 0 Å². The number of urea groups is 1. The van der Waals surface area contributed by atoms with Gasteiger partial charge in [-0.05, 0) is 19.3 Å². The van der Waals surface area contributed by atoms with Gasteiger partial charge >= 0.3 is 12.0 Å². The number of aliphatic carboxylic acids is 1. The van der Waals surface area contributed by atoms with Crippen molar-refractivity contribution < 1.29 is 24.2 Å². The van der Waals surface area contributed by atoms with Gasteiger partial charge in [-0.25, -0.2) is 9.59 Å². The van der Waals surface area contributed by atoms with Crippen LogP contribution in [0.4, 0.5) is 4.79 Å². The van der Waals surface area contributed by atoms with E-state index in [1.54, 1.807) is 0 Å². The van der Waals surface area contributed by atoms with E-state index in [4.69, 9.17) is 9.47 Å². The molecule has 0 saturated carbocycles. The number of rotatable bonds is 3. The summed E-state index contributed by atoms with van der Waals surface area (Å²) in [7, 11) is 1.54. The van der Waals surface area contributed by atoms with Gasteiger partial charge in [0.25, 0.3) is 0 Å². The summed E-state index contributed by atoms with van der Waals surface area (Å²) in [6.07, 6.45) is 3.34. The van der Waals surface area contributed by atoms with Crippen molar-refractivity contribution in [2.75, 3.05) is 13.7 Å². The Morgan fingerprint density at radius 2 is 2.15 bits per heavy atom. The molecule has 20 heavy (non-hydrogen) atoms. The highest BCUT2D eigenvalue weighted by atomic mass is 16.5. The molecule has 0 spiro atoms. The number of methoxy groups -OCH3 is 1. The lowest BCUT2D eigenvalue weighted by Crippen LogP contribution is -2.51. The minimum Gasteiger partial charge on any atom is -0.480 e. The molecule has 0 aromatic heterocycles. The van der Waals surface area contributed by atoms with Gasteiger partial charge in [-0.1, -0.05) is 0 Å². The third kappa shape index (κ3) is 2.35. The number of likely N-dealkylation sites (tertiary alicyclic amines) is 1. The highest BCUT2D eigenvalue weighted by Crippen LogP contribution is 2.34. The number of amides is 2. The van der Waals surface area contributed by atoms with Crippen LogP contribution in [0.3, 0.4) is 0 Å². The third-order valence-corrected chi connectivity index (χ3v) is 4.56. The summed E-state index contributed by atoms with van der Waals surface area (Å²) in [4.78, 5) is 24.9. The van der Waals surface area contributed by atoms with Crippen LogP contribution in [-0.2, 0) is 14.3 Å². The maximum absolute atomic E-state index is 12.3.